The van der Waals surface area contributed by atoms with E-state index in [9.17, 15) is 0 Å². The number of aryl methyl sites for hydroxylation is 2. The average Bonchev–Trinajstić information content (AvgIpc) is 3.22. The molecule has 3 rings (SSSR count). The molecule has 0 saturated carbocycles. The summed E-state index contributed by atoms with van der Waals surface area (Å²) < 4.78 is 11.5. The van der Waals surface area contributed by atoms with Crippen molar-refractivity contribution in [1.29, 1.82) is 0 Å². The van der Waals surface area contributed by atoms with Gasteiger partial charge in [0.2, 0.25) is 5.89 Å². The van der Waals surface area contributed by atoms with Crippen LogP contribution in [0.5, 0.6) is 0 Å². The predicted molar refractivity (Wildman–Crippen MR) is 97.4 cm³/mol. The van der Waals surface area contributed by atoms with Crippen LogP contribution in [0.2, 0.25) is 0 Å². The molecule has 1 fully saturated rings. The molecule has 0 radical (unpaired) electrons. The van der Waals surface area contributed by atoms with Gasteiger partial charge >= 0.3 is 0 Å². The van der Waals surface area contributed by atoms with Gasteiger partial charge in [0.1, 0.15) is 5.76 Å². The van der Waals surface area contributed by atoms with Gasteiger partial charge in [0.25, 0.3) is 0 Å². The molecule has 0 aliphatic carbocycles. The molecule has 2 heterocycles. The van der Waals surface area contributed by atoms with Gasteiger partial charge in [-0.3, -0.25) is 4.99 Å². The summed E-state index contributed by atoms with van der Waals surface area (Å²) in [5, 5.41) is 6.64. The molecule has 0 bridgehead atoms. The quantitative estimate of drug-likeness (QED) is 0.646. The van der Waals surface area contributed by atoms with E-state index in [2.05, 4.69) is 44.9 Å². The van der Waals surface area contributed by atoms with Crippen molar-refractivity contribution < 1.29 is 9.15 Å². The molecule has 1 aromatic carbocycles. The van der Waals surface area contributed by atoms with Gasteiger partial charge in [-0.05, 0) is 25.8 Å². The Morgan fingerprint density at radius 2 is 2.04 bits per heavy atom. The highest BCUT2D eigenvalue weighted by Gasteiger charge is 2.29. The zero-order chi connectivity index (χ0) is 17.6. The Kier molecular flexibility index (Phi) is 5.71. The van der Waals surface area contributed by atoms with Crippen LogP contribution < -0.4 is 10.6 Å². The maximum atomic E-state index is 5.94. The lowest BCUT2D eigenvalue weighted by Crippen LogP contribution is -2.40. The number of rotatable bonds is 5. The second-order valence-corrected chi connectivity index (χ2v) is 6.31. The maximum absolute atomic E-state index is 5.94. The molecule has 2 unspecified atom stereocenters. The molecular weight excluding hydrogens is 316 g/mol. The lowest BCUT2D eigenvalue weighted by molar-refractivity contribution is 0.0915. The van der Waals surface area contributed by atoms with Crippen molar-refractivity contribution in [3.63, 3.8) is 0 Å². The lowest BCUT2D eigenvalue weighted by Gasteiger charge is -2.20. The predicted octanol–water partition coefficient (Wildman–Crippen LogP) is 2.73. The van der Waals surface area contributed by atoms with Gasteiger partial charge in [-0.1, -0.05) is 30.3 Å². The van der Waals surface area contributed by atoms with Crippen molar-refractivity contribution in [2.45, 2.75) is 32.9 Å². The first-order valence-corrected chi connectivity index (χ1v) is 8.71. The van der Waals surface area contributed by atoms with Crippen molar-refractivity contribution in [2.75, 3.05) is 20.2 Å². The van der Waals surface area contributed by atoms with Crippen LogP contribution in [-0.4, -0.2) is 31.1 Å². The molecular formula is C19H26N4O2. The Bertz CT molecular complexity index is 692. The van der Waals surface area contributed by atoms with Crippen molar-refractivity contribution in [1.82, 2.24) is 15.6 Å². The van der Waals surface area contributed by atoms with Crippen molar-refractivity contribution in [3.8, 4) is 0 Å². The van der Waals surface area contributed by atoms with Gasteiger partial charge in [0, 0.05) is 26.1 Å². The van der Waals surface area contributed by atoms with Crippen LogP contribution in [-0.2, 0) is 11.3 Å². The topological polar surface area (TPSA) is 71.7 Å². The molecule has 2 aromatic rings. The van der Waals surface area contributed by atoms with E-state index in [0.717, 1.165) is 37.0 Å². The van der Waals surface area contributed by atoms with Crippen molar-refractivity contribution >= 4 is 5.96 Å². The smallest absolute Gasteiger partial charge is 0.214 e. The van der Waals surface area contributed by atoms with Crippen LogP contribution in [0.1, 0.15) is 35.4 Å². The largest absolute Gasteiger partial charge is 0.444 e. The maximum Gasteiger partial charge on any atom is 0.214 e. The van der Waals surface area contributed by atoms with Crippen molar-refractivity contribution in [2.24, 2.45) is 10.9 Å². The van der Waals surface area contributed by atoms with E-state index in [1.807, 2.05) is 19.9 Å². The van der Waals surface area contributed by atoms with Gasteiger partial charge in [0.05, 0.1) is 18.3 Å². The molecule has 0 amide bonds. The van der Waals surface area contributed by atoms with E-state index < -0.39 is 0 Å². The zero-order valence-corrected chi connectivity index (χ0v) is 15.1. The second kappa shape index (κ2) is 8.16. The third-order valence-electron chi connectivity index (χ3n) is 4.58. The minimum absolute atomic E-state index is 0.142. The number of guanidine groups is 1. The fraction of sp³-hybridized carbons (Fsp3) is 0.474. The first-order chi connectivity index (χ1) is 12.2. The summed E-state index contributed by atoms with van der Waals surface area (Å²) >= 11 is 0. The van der Waals surface area contributed by atoms with Crippen LogP contribution in [0.15, 0.2) is 39.7 Å². The van der Waals surface area contributed by atoms with Crippen molar-refractivity contribution in [3.05, 3.63) is 53.2 Å². The molecule has 2 N–H and O–H groups in total. The number of hydrogen-bond donors (Lipinski definition) is 2. The molecule has 1 aromatic heterocycles. The van der Waals surface area contributed by atoms with E-state index >= 15 is 0 Å². The number of benzene rings is 1. The summed E-state index contributed by atoms with van der Waals surface area (Å²) in [4.78, 5) is 8.65. The molecule has 1 saturated heterocycles. The normalized spacial score (nSPS) is 20.7. The summed E-state index contributed by atoms with van der Waals surface area (Å²) in [6, 6.07) is 10.4. The average molecular weight is 342 g/mol. The van der Waals surface area contributed by atoms with Crippen LogP contribution in [0.25, 0.3) is 0 Å². The van der Waals surface area contributed by atoms with E-state index in [1.54, 1.807) is 7.05 Å². The van der Waals surface area contributed by atoms with Gasteiger partial charge in [0.15, 0.2) is 5.96 Å². The number of ether oxygens (including phenoxy) is 1. The Labute approximate surface area is 148 Å². The van der Waals surface area contributed by atoms with Gasteiger partial charge < -0.3 is 19.8 Å². The third kappa shape index (κ3) is 4.39. The summed E-state index contributed by atoms with van der Waals surface area (Å²) in [7, 11) is 1.77. The van der Waals surface area contributed by atoms with Gasteiger partial charge in [-0.2, -0.15) is 0 Å². The Morgan fingerprint density at radius 1 is 1.24 bits per heavy atom. The minimum Gasteiger partial charge on any atom is -0.444 e. The number of aromatic nitrogens is 1. The van der Waals surface area contributed by atoms with E-state index in [-0.39, 0.29) is 6.10 Å². The number of hydrogen-bond acceptors (Lipinski definition) is 4. The Morgan fingerprint density at radius 3 is 2.72 bits per heavy atom. The molecule has 134 valence electrons. The van der Waals surface area contributed by atoms with Crippen LogP contribution >= 0.6 is 0 Å². The van der Waals surface area contributed by atoms with Gasteiger partial charge in [-0.15, -0.1) is 0 Å². The summed E-state index contributed by atoms with van der Waals surface area (Å²) in [6.45, 7) is 5.98. The molecule has 0 spiro atoms. The zero-order valence-electron chi connectivity index (χ0n) is 15.1. The van der Waals surface area contributed by atoms with E-state index in [0.29, 0.717) is 18.4 Å². The Balaban J connectivity index is 1.52. The first kappa shape index (κ1) is 17.5. The van der Waals surface area contributed by atoms with Crippen LogP contribution in [0.3, 0.4) is 0 Å². The molecule has 6 nitrogen and oxygen atoms in total. The standard InChI is InChI=1S/C19H26N4O2/c1-13-14(2)25-17(23-13)12-22-19(20-3)21-11-16-9-10-24-18(16)15-7-5-4-6-8-15/h4-8,16,18H,9-12H2,1-3H3,(H2,20,21,22). The van der Waals surface area contributed by atoms with Crippen LogP contribution in [0, 0.1) is 19.8 Å². The SMILES string of the molecule is CN=C(NCc1nc(C)c(C)o1)NCC1CCOC1c1ccccc1. The summed E-state index contributed by atoms with van der Waals surface area (Å²) in [5.74, 6) is 2.69. The summed E-state index contributed by atoms with van der Waals surface area (Å²) in [5.41, 5.74) is 2.16. The molecule has 1 aliphatic rings. The fourth-order valence-corrected chi connectivity index (χ4v) is 3.08. The number of oxazole rings is 1. The van der Waals surface area contributed by atoms with Crippen LogP contribution in [0.4, 0.5) is 0 Å². The second-order valence-electron chi connectivity index (χ2n) is 6.31. The minimum atomic E-state index is 0.142. The number of nitrogens with one attached hydrogen (secondary N) is 2. The number of nitrogens with zero attached hydrogens (tertiary/aromatic N) is 2. The van der Waals surface area contributed by atoms with E-state index in [4.69, 9.17) is 9.15 Å². The molecule has 6 heteroatoms. The fourth-order valence-electron chi connectivity index (χ4n) is 3.08. The highest BCUT2D eigenvalue weighted by molar-refractivity contribution is 5.79. The van der Waals surface area contributed by atoms with Gasteiger partial charge in [-0.25, -0.2) is 4.98 Å². The highest BCUT2D eigenvalue weighted by Crippen LogP contribution is 2.33. The number of aliphatic imine (C=N–C) groups is 1. The van der Waals surface area contributed by atoms with E-state index in [1.165, 1.54) is 5.56 Å². The third-order valence-corrected chi connectivity index (χ3v) is 4.58. The summed E-state index contributed by atoms with van der Waals surface area (Å²) in [6.07, 6.45) is 1.19. The lowest BCUT2D eigenvalue weighted by atomic mass is 9.95. The monoisotopic (exact) mass is 342 g/mol. The highest BCUT2D eigenvalue weighted by atomic mass is 16.5. The first-order valence-electron chi connectivity index (χ1n) is 8.71. The molecule has 25 heavy (non-hydrogen) atoms. The molecule has 1 aliphatic heterocycles. The molecule has 2 atom stereocenters. The Hall–Kier alpha value is -2.34.